The minimum absolute atomic E-state index is 0.202. The van der Waals surface area contributed by atoms with Gasteiger partial charge < -0.3 is 5.32 Å². The first kappa shape index (κ1) is 16.1. The summed E-state index contributed by atoms with van der Waals surface area (Å²) in [5.41, 5.74) is 1.22. The number of hydrogen-bond acceptors (Lipinski definition) is 2. The third kappa shape index (κ3) is 3.78. The summed E-state index contributed by atoms with van der Waals surface area (Å²) in [7, 11) is 0. The molecule has 2 aliphatic rings. The van der Waals surface area contributed by atoms with Gasteiger partial charge in [-0.15, -0.1) is 11.8 Å². The van der Waals surface area contributed by atoms with Crippen molar-refractivity contribution in [2.45, 2.75) is 41.9 Å². The Labute approximate surface area is 142 Å². The van der Waals surface area contributed by atoms with Crippen molar-refractivity contribution in [3.05, 3.63) is 66.8 Å². The lowest BCUT2D eigenvalue weighted by atomic mass is 10.1. The zero-order valence-electron chi connectivity index (χ0n) is 13.5. The molecule has 1 aromatic carbocycles. The van der Waals surface area contributed by atoms with Crippen LogP contribution in [0.2, 0.25) is 0 Å². The molecule has 1 N–H and O–H groups in total. The normalized spacial score (nSPS) is 25.2. The highest BCUT2D eigenvalue weighted by molar-refractivity contribution is 8.01. The fourth-order valence-electron chi connectivity index (χ4n) is 2.78. The molecule has 2 nitrogen and oxygen atoms in total. The monoisotopic (exact) mass is 325 g/mol. The number of allylic oxidation sites excluding steroid dienone is 4. The maximum atomic E-state index is 12.7. The molecular weight excluding hydrogens is 302 g/mol. The number of rotatable bonds is 7. The van der Waals surface area contributed by atoms with E-state index < -0.39 is 0 Å². The van der Waals surface area contributed by atoms with Gasteiger partial charge in [-0.1, -0.05) is 49.1 Å². The molecule has 0 radical (unpaired) electrons. The Morgan fingerprint density at radius 1 is 1.35 bits per heavy atom. The number of amides is 1. The van der Waals surface area contributed by atoms with Gasteiger partial charge in [0.05, 0.1) is 4.75 Å². The van der Waals surface area contributed by atoms with Crippen LogP contribution in [-0.4, -0.2) is 16.7 Å². The first-order valence-electron chi connectivity index (χ1n) is 8.19. The summed E-state index contributed by atoms with van der Waals surface area (Å²) in [6.07, 6.45) is 11.0. The lowest BCUT2D eigenvalue weighted by Crippen LogP contribution is -2.36. The van der Waals surface area contributed by atoms with Gasteiger partial charge >= 0.3 is 0 Å². The Balaban J connectivity index is 1.57. The quantitative estimate of drug-likeness (QED) is 0.748. The van der Waals surface area contributed by atoms with Crippen LogP contribution in [0.4, 0.5) is 0 Å². The smallest absolute Gasteiger partial charge is 0.236 e. The fourth-order valence-corrected chi connectivity index (χ4v) is 3.98. The Morgan fingerprint density at radius 3 is 2.70 bits per heavy atom. The lowest BCUT2D eigenvalue weighted by molar-refractivity contribution is -0.121. The van der Waals surface area contributed by atoms with Crippen LogP contribution in [-0.2, 0) is 4.79 Å². The summed E-state index contributed by atoms with van der Waals surface area (Å²) in [6, 6.07) is 10.5. The van der Waals surface area contributed by atoms with Crippen LogP contribution in [0.5, 0.6) is 0 Å². The van der Waals surface area contributed by atoms with Crippen LogP contribution >= 0.6 is 11.8 Å². The van der Waals surface area contributed by atoms with Crippen molar-refractivity contribution in [2.24, 2.45) is 5.92 Å². The van der Waals surface area contributed by atoms with Gasteiger partial charge in [-0.3, -0.25) is 4.79 Å². The second kappa shape index (κ2) is 6.79. The van der Waals surface area contributed by atoms with Gasteiger partial charge in [-0.05, 0) is 43.9 Å². The summed E-state index contributed by atoms with van der Waals surface area (Å²) >= 11 is 1.71. The first-order valence-corrected chi connectivity index (χ1v) is 9.00. The largest absolute Gasteiger partial charge is 0.352 e. The van der Waals surface area contributed by atoms with Crippen molar-refractivity contribution in [3.63, 3.8) is 0 Å². The zero-order chi connectivity index (χ0) is 16.3. The highest BCUT2D eigenvalue weighted by Crippen LogP contribution is 2.52. The van der Waals surface area contributed by atoms with Crippen molar-refractivity contribution in [1.82, 2.24) is 5.32 Å². The standard InChI is InChI=1S/C20H23NOS/c1-3-5-9-15(4-2)17-14-18(17)21-19(22)20(12-13-20)23-16-10-7-6-8-11-16/h3-11,17-18H,2,12-14H2,1H3,(H,21,22)/b5-3-,15-9+. The molecule has 0 bridgehead atoms. The first-order chi connectivity index (χ1) is 11.2. The second-order valence-electron chi connectivity index (χ2n) is 6.23. The number of nitrogens with one attached hydrogen (secondary N) is 1. The Hall–Kier alpha value is -1.74. The molecule has 1 aromatic rings. The predicted molar refractivity (Wildman–Crippen MR) is 97.4 cm³/mol. The third-order valence-electron chi connectivity index (χ3n) is 4.43. The highest BCUT2D eigenvalue weighted by atomic mass is 32.2. The van der Waals surface area contributed by atoms with Crippen LogP contribution in [0.25, 0.3) is 0 Å². The van der Waals surface area contributed by atoms with E-state index in [1.165, 1.54) is 10.5 Å². The van der Waals surface area contributed by atoms with Crippen molar-refractivity contribution >= 4 is 17.7 Å². The summed E-state index contributed by atoms with van der Waals surface area (Å²) in [5.74, 6) is 0.624. The van der Waals surface area contributed by atoms with Gasteiger partial charge in [0.1, 0.15) is 0 Å². The minimum Gasteiger partial charge on any atom is -0.352 e. The van der Waals surface area contributed by atoms with E-state index in [9.17, 15) is 4.79 Å². The van der Waals surface area contributed by atoms with E-state index >= 15 is 0 Å². The molecule has 3 rings (SSSR count). The summed E-state index contributed by atoms with van der Waals surface area (Å²) in [6.45, 7) is 5.89. The molecule has 2 fully saturated rings. The Morgan fingerprint density at radius 2 is 2.09 bits per heavy atom. The maximum absolute atomic E-state index is 12.7. The van der Waals surface area contributed by atoms with E-state index in [-0.39, 0.29) is 16.7 Å². The number of hydrogen-bond donors (Lipinski definition) is 1. The molecule has 2 atom stereocenters. The summed E-state index contributed by atoms with van der Waals surface area (Å²) in [4.78, 5) is 13.8. The van der Waals surface area contributed by atoms with Crippen molar-refractivity contribution < 1.29 is 4.79 Å². The molecule has 23 heavy (non-hydrogen) atoms. The van der Waals surface area contributed by atoms with Gasteiger partial charge in [0, 0.05) is 16.9 Å². The van der Waals surface area contributed by atoms with Crippen LogP contribution in [0, 0.1) is 5.92 Å². The molecular formula is C20H23NOS. The maximum Gasteiger partial charge on any atom is 0.236 e. The van der Waals surface area contributed by atoms with Crippen LogP contribution in [0.1, 0.15) is 26.2 Å². The van der Waals surface area contributed by atoms with E-state index in [1.54, 1.807) is 11.8 Å². The summed E-state index contributed by atoms with van der Waals surface area (Å²) in [5, 5.41) is 3.25. The molecule has 0 heterocycles. The third-order valence-corrected chi connectivity index (χ3v) is 5.92. The highest BCUT2D eigenvalue weighted by Gasteiger charge is 2.53. The Kier molecular flexibility index (Phi) is 4.76. The number of thioether (sulfide) groups is 1. The van der Waals surface area contributed by atoms with Gasteiger partial charge in [0.2, 0.25) is 5.91 Å². The lowest BCUT2D eigenvalue weighted by Gasteiger charge is -2.15. The van der Waals surface area contributed by atoms with E-state index in [0.29, 0.717) is 5.92 Å². The predicted octanol–water partition coefficient (Wildman–Crippen LogP) is 4.50. The van der Waals surface area contributed by atoms with Gasteiger partial charge in [0.25, 0.3) is 0 Å². The molecule has 0 aromatic heterocycles. The van der Waals surface area contributed by atoms with Crippen molar-refractivity contribution in [3.8, 4) is 0 Å². The average molecular weight is 325 g/mol. The molecule has 120 valence electrons. The van der Waals surface area contributed by atoms with Crippen molar-refractivity contribution in [1.29, 1.82) is 0 Å². The van der Waals surface area contributed by atoms with Gasteiger partial charge in [-0.2, -0.15) is 0 Å². The molecule has 0 aliphatic heterocycles. The van der Waals surface area contributed by atoms with E-state index in [4.69, 9.17) is 0 Å². The van der Waals surface area contributed by atoms with Crippen LogP contribution in [0.3, 0.4) is 0 Å². The Bertz CT molecular complexity index is 643. The summed E-state index contributed by atoms with van der Waals surface area (Å²) < 4.78 is -0.240. The van der Waals surface area contributed by atoms with E-state index in [1.807, 2.05) is 43.4 Å². The molecule has 1 amide bonds. The molecule has 0 spiro atoms. The average Bonchev–Trinajstić information content (AvgIpc) is 3.47. The topological polar surface area (TPSA) is 29.1 Å². The molecule has 3 heteroatoms. The molecule has 2 saturated carbocycles. The van der Waals surface area contributed by atoms with Crippen LogP contribution in [0.15, 0.2) is 71.7 Å². The molecule has 0 saturated heterocycles. The fraction of sp³-hybridized carbons (Fsp3) is 0.350. The molecule has 2 unspecified atom stereocenters. The molecule has 2 aliphatic carbocycles. The second-order valence-corrected chi connectivity index (χ2v) is 7.69. The van der Waals surface area contributed by atoms with E-state index in [0.717, 1.165) is 19.3 Å². The SMILES string of the molecule is C=C/C(=C\C=C/C)C1CC1NC(=O)C1(Sc2ccccc2)CC1. The van der Waals surface area contributed by atoms with Gasteiger partial charge in [0.15, 0.2) is 0 Å². The zero-order valence-corrected chi connectivity index (χ0v) is 14.3. The number of carbonyl (C=O) groups is 1. The van der Waals surface area contributed by atoms with E-state index in [2.05, 4.69) is 30.1 Å². The van der Waals surface area contributed by atoms with Crippen molar-refractivity contribution in [2.75, 3.05) is 0 Å². The minimum atomic E-state index is -0.240. The van der Waals surface area contributed by atoms with Gasteiger partial charge in [-0.25, -0.2) is 0 Å². The van der Waals surface area contributed by atoms with Crippen LogP contribution < -0.4 is 5.32 Å². The number of benzene rings is 1. The number of carbonyl (C=O) groups excluding carboxylic acids is 1.